The molecule has 0 aromatic heterocycles. The van der Waals surface area contributed by atoms with Crippen LogP contribution < -0.4 is 0 Å². The molecule has 0 aliphatic heterocycles. The number of thioether (sulfide) groups is 1. The molecule has 0 N–H and O–H groups in total. The molecule has 0 saturated heterocycles. The van der Waals surface area contributed by atoms with Gasteiger partial charge in [0.1, 0.15) is 6.17 Å². The first-order valence-electron chi connectivity index (χ1n) is 6.22. The molecule has 0 heterocycles. The van der Waals surface area contributed by atoms with Crippen molar-refractivity contribution >= 4 is 16.9 Å². The maximum atomic E-state index is 13.2. The van der Waals surface area contributed by atoms with Gasteiger partial charge in [-0.05, 0) is 13.3 Å². The van der Waals surface area contributed by atoms with Crippen LogP contribution in [0.3, 0.4) is 0 Å². The lowest BCUT2D eigenvalue weighted by atomic mass is 10.1. The summed E-state index contributed by atoms with van der Waals surface area (Å²) in [6.07, 6.45) is -5.82. The summed E-state index contributed by atoms with van der Waals surface area (Å²) in [5, 5.41) is -0.218. The van der Waals surface area contributed by atoms with Crippen molar-refractivity contribution in [2.24, 2.45) is 0 Å². The number of carbonyl (C=O) groups excluding carboxylic acids is 1. The summed E-state index contributed by atoms with van der Waals surface area (Å²) in [7, 11) is 0. The van der Waals surface area contributed by atoms with E-state index >= 15 is 0 Å². The Morgan fingerprint density at radius 3 is 2.40 bits per heavy atom. The summed E-state index contributed by atoms with van der Waals surface area (Å²) >= 11 is 0.902. The molecule has 0 aliphatic rings. The number of benzene rings is 1. The average Bonchev–Trinajstić information content (AvgIpc) is 2.43. The van der Waals surface area contributed by atoms with E-state index in [0.717, 1.165) is 18.7 Å². The van der Waals surface area contributed by atoms with Crippen molar-refractivity contribution in [1.82, 2.24) is 0 Å². The third-order valence-electron chi connectivity index (χ3n) is 2.70. The molecule has 112 valence electrons. The van der Waals surface area contributed by atoms with Crippen molar-refractivity contribution in [3.05, 3.63) is 35.9 Å². The van der Waals surface area contributed by atoms with Crippen LogP contribution in [-0.4, -0.2) is 29.1 Å². The Morgan fingerprint density at radius 1 is 1.25 bits per heavy atom. The Bertz CT molecular complexity index is 422. The Hall–Kier alpha value is -1.04. The van der Waals surface area contributed by atoms with Crippen molar-refractivity contribution in [3.63, 3.8) is 0 Å². The van der Waals surface area contributed by atoms with E-state index in [9.17, 15) is 22.4 Å². The highest BCUT2D eigenvalue weighted by Gasteiger charge is 2.43. The van der Waals surface area contributed by atoms with E-state index < -0.39 is 24.7 Å². The molecule has 0 bridgehead atoms. The molecule has 0 amide bonds. The lowest BCUT2D eigenvalue weighted by Gasteiger charge is -2.21. The molecule has 1 rings (SSSR count). The smallest absolute Gasteiger partial charge is 0.281 e. The van der Waals surface area contributed by atoms with Crippen LogP contribution in [-0.2, 0) is 0 Å². The van der Waals surface area contributed by atoms with Gasteiger partial charge in [-0.25, -0.2) is 17.6 Å². The van der Waals surface area contributed by atoms with Crippen LogP contribution in [0.25, 0.3) is 0 Å². The minimum Gasteiger partial charge on any atom is -0.282 e. The zero-order valence-corrected chi connectivity index (χ0v) is 11.8. The molecule has 0 spiro atoms. The largest absolute Gasteiger partial charge is 0.282 e. The first-order chi connectivity index (χ1) is 9.34. The summed E-state index contributed by atoms with van der Waals surface area (Å²) in [4.78, 5) is 11.7. The van der Waals surface area contributed by atoms with Gasteiger partial charge in [-0.2, -0.15) is 0 Å². The fourth-order valence-electron chi connectivity index (χ4n) is 1.60. The van der Waals surface area contributed by atoms with E-state index in [1.54, 1.807) is 30.3 Å². The lowest BCUT2D eigenvalue weighted by molar-refractivity contribution is -0.101. The normalized spacial score (nSPS) is 14.8. The van der Waals surface area contributed by atoms with Gasteiger partial charge < -0.3 is 0 Å². The summed E-state index contributed by atoms with van der Waals surface area (Å²) in [5.74, 6) is -3.54. The van der Waals surface area contributed by atoms with E-state index in [2.05, 4.69) is 0 Å². The highest BCUT2D eigenvalue weighted by molar-refractivity contribution is 8.14. The highest BCUT2D eigenvalue weighted by atomic mass is 32.2. The second-order valence-electron chi connectivity index (χ2n) is 4.45. The van der Waals surface area contributed by atoms with Crippen molar-refractivity contribution < 1.29 is 22.4 Å². The fourth-order valence-corrected chi connectivity index (χ4v) is 2.38. The molecule has 0 aliphatic carbocycles. The van der Waals surface area contributed by atoms with Gasteiger partial charge >= 0.3 is 0 Å². The quantitative estimate of drug-likeness (QED) is 0.538. The fraction of sp³-hybridized carbons (Fsp3) is 0.500. The van der Waals surface area contributed by atoms with E-state index in [4.69, 9.17) is 0 Å². The average molecular weight is 308 g/mol. The van der Waals surface area contributed by atoms with Crippen LogP contribution in [0.4, 0.5) is 17.6 Å². The Kier molecular flexibility index (Phi) is 6.52. The van der Waals surface area contributed by atoms with Crippen LogP contribution in [0.1, 0.15) is 30.1 Å². The first kappa shape index (κ1) is 17.0. The maximum Gasteiger partial charge on any atom is 0.281 e. The van der Waals surface area contributed by atoms with Gasteiger partial charge in [0.15, 0.2) is 6.17 Å². The number of alkyl halides is 4. The molecular weight excluding hydrogens is 292 g/mol. The van der Waals surface area contributed by atoms with Crippen LogP contribution in [0.15, 0.2) is 30.3 Å². The van der Waals surface area contributed by atoms with E-state index in [1.165, 1.54) is 0 Å². The van der Waals surface area contributed by atoms with E-state index in [-0.39, 0.29) is 17.3 Å². The van der Waals surface area contributed by atoms with Crippen molar-refractivity contribution in [2.45, 2.75) is 38.0 Å². The van der Waals surface area contributed by atoms with Gasteiger partial charge in [0.2, 0.25) is 5.12 Å². The predicted molar refractivity (Wildman–Crippen MR) is 72.9 cm³/mol. The van der Waals surface area contributed by atoms with Gasteiger partial charge in [-0.3, -0.25) is 4.79 Å². The van der Waals surface area contributed by atoms with Crippen LogP contribution in [0, 0.1) is 0 Å². The Morgan fingerprint density at radius 2 is 1.85 bits per heavy atom. The zero-order chi connectivity index (χ0) is 15.2. The SMILES string of the molecule is CC(F)C(F)C(F)(F)CCCSC(=O)c1ccccc1. The number of hydrogen-bond acceptors (Lipinski definition) is 2. The molecule has 1 aromatic carbocycles. The lowest BCUT2D eigenvalue weighted by Crippen LogP contribution is -2.36. The summed E-state index contributed by atoms with van der Waals surface area (Å²) in [6.45, 7) is 0.770. The van der Waals surface area contributed by atoms with E-state index in [1.807, 2.05) is 0 Å². The van der Waals surface area contributed by atoms with Crippen molar-refractivity contribution in [1.29, 1.82) is 0 Å². The van der Waals surface area contributed by atoms with Gasteiger partial charge in [0.25, 0.3) is 5.92 Å². The van der Waals surface area contributed by atoms with Crippen LogP contribution in [0.5, 0.6) is 0 Å². The summed E-state index contributed by atoms with van der Waals surface area (Å²) in [6, 6.07) is 8.44. The van der Waals surface area contributed by atoms with Gasteiger partial charge in [0.05, 0.1) is 0 Å². The van der Waals surface area contributed by atoms with Crippen LogP contribution in [0.2, 0.25) is 0 Å². The van der Waals surface area contributed by atoms with Gasteiger partial charge in [0, 0.05) is 17.7 Å². The molecule has 0 fully saturated rings. The first-order valence-corrected chi connectivity index (χ1v) is 7.21. The maximum absolute atomic E-state index is 13.2. The van der Waals surface area contributed by atoms with Crippen molar-refractivity contribution in [3.8, 4) is 0 Å². The molecule has 20 heavy (non-hydrogen) atoms. The summed E-state index contributed by atoms with van der Waals surface area (Å²) in [5.41, 5.74) is 0.491. The number of halogens is 4. The van der Waals surface area contributed by atoms with Gasteiger partial charge in [-0.1, -0.05) is 42.1 Å². The van der Waals surface area contributed by atoms with Crippen molar-refractivity contribution in [2.75, 3.05) is 5.75 Å². The topological polar surface area (TPSA) is 17.1 Å². The third-order valence-corrected chi connectivity index (χ3v) is 3.69. The highest BCUT2D eigenvalue weighted by Crippen LogP contribution is 2.31. The number of carbonyl (C=O) groups is 1. The molecular formula is C14H16F4OS. The van der Waals surface area contributed by atoms with Gasteiger partial charge in [-0.15, -0.1) is 0 Å². The minimum absolute atomic E-state index is 0.0522. The molecule has 0 saturated carbocycles. The predicted octanol–water partition coefficient (Wildman–Crippen LogP) is 4.67. The zero-order valence-electron chi connectivity index (χ0n) is 11.0. The Labute approximate surface area is 119 Å². The molecule has 2 atom stereocenters. The molecule has 0 radical (unpaired) electrons. The molecule has 6 heteroatoms. The molecule has 2 unspecified atom stereocenters. The minimum atomic E-state index is -3.69. The third kappa shape index (κ3) is 5.15. The van der Waals surface area contributed by atoms with E-state index in [0.29, 0.717) is 5.56 Å². The molecule has 1 nitrogen and oxygen atoms in total. The second-order valence-corrected chi connectivity index (χ2v) is 5.51. The Balaban J connectivity index is 2.33. The van der Waals surface area contributed by atoms with Crippen LogP contribution >= 0.6 is 11.8 Å². The molecule has 1 aromatic rings. The standard InChI is InChI=1S/C14H16F4OS/c1-10(15)12(16)14(17,18)8-5-9-20-13(19)11-6-3-2-4-7-11/h2-4,6-7,10,12H,5,8-9H2,1H3. The monoisotopic (exact) mass is 308 g/mol. The number of rotatable bonds is 7. The second kappa shape index (κ2) is 7.67. The number of hydrogen-bond donors (Lipinski definition) is 0. The summed E-state index contributed by atoms with van der Waals surface area (Å²) < 4.78 is 51.9.